The third-order valence-corrected chi connectivity index (χ3v) is 0.995. The van der Waals surface area contributed by atoms with Gasteiger partial charge in [-0.25, -0.2) is 0 Å². The molecule has 1 aliphatic rings. The SMILES string of the molecule is C1#S[CH]NC1. The van der Waals surface area contributed by atoms with Gasteiger partial charge in [-0.05, 0) is 0 Å². The number of hydrogen-bond donors (Lipinski definition) is 1. The molecule has 2 heteroatoms. The summed E-state index contributed by atoms with van der Waals surface area (Å²) in [6, 6.07) is 0. The second-order valence-electron chi connectivity index (χ2n) is 0.761. The molecule has 0 aromatic heterocycles. The lowest BCUT2D eigenvalue weighted by molar-refractivity contribution is 1.00. The minimum atomic E-state index is 0.907. The quantitative estimate of drug-likeness (QED) is 0.450. The minimum Gasteiger partial charge on any atom is -0.289 e. The first kappa shape index (κ1) is 3.16. The Morgan fingerprint density at radius 1 is 2.00 bits per heavy atom. The summed E-state index contributed by atoms with van der Waals surface area (Å²) in [7, 11) is 0. The molecule has 0 unspecified atom stereocenters. The molecule has 0 fully saturated rings. The normalized spacial score (nSPS) is 19.2. The van der Waals surface area contributed by atoms with E-state index in [4.69, 9.17) is 0 Å². The van der Waals surface area contributed by atoms with Gasteiger partial charge in [0.1, 0.15) is 5.88 Å². The van der Waals surface area contributed by atoms with Gasteiger partial charge >= 0.3 is 0 Å². The van der Waals surface area contributed by atoms with Gasteiger partial charge in [0, 0.05) is 0 Å². The average molecular weight is 86.1 g/mol. The molecular weight excluding hydrogens is 82.1 g/mol. The van der Waals surface area contributed by atoms with Crippen LogP contribution >= 0.6 is 11.2 Å². The second kappa shape index (κ2) is 1.41. The van der Waals surface area contributed by atoms with Crippen molar-refractivity contribution in [1.29, 1.82) is 0 Å². The van der Waals surface area contributed by atoms with Gasteiger partial charge in [0.05, 0.1) is 6.54 Å². The van der Waals surface area contributed by atoms with E-state index in [-0.39, 0.29) is 0 Å². The summed E-state index contributed by atoms with van der Waals surface area (Å²) in [5.41, 5.74) is 0. The highest BCUT2D eigenvalue weighted by Gasteiger charge is 1.80. The first-order chi connectivity index (χ1) is 2.50. The van der Waals surface area contributed by atoms with E-state index in [9.17, 15) is 0 Å². The fourth-order valence-electron chi connectivity index (χ4n) is 0.208. The Kier molecular flexibility index (Phi) is 0.892. The van der Waals surface area contributed by atoms with Gasteiger partial charge in [-0.15, -0.1) is 11.2 Å². The van der Waals surface area contributed by atoms with E-state index in [0.717, 1.165) is 6.54 Å². The largest absolute Gasteiger partial charge is 0.289 e. The van der Waals surface area contributed by atoms with Crippen LogP contribution in [0.3, 0.4) is 0 Å². The van der Waals surface area contributed by atoms with E-state index in [1.54, 1.807) is 11.2 Å². The lowest BCUT2D eigenvalue weighted by atomic mass is 10.8. The lowest BCUT2D eigenvalue weighted by Gasteiger charge is -1.74. The standard InChI is InChI=1S/C3H4NS/c1-2-5-3-4-1/h3-4H,1H2. The Labute approximate surface area is 35.0 Å². The molecule has 1 nitrogen and oxygen atoms in total. The van der Waals surface area contributed by atoms with E-state index in [2.05, 4.69) is 10.5 Å². The molecule has 0 saturated heterocycles. The van der Waals surface area contributed by atoms with Crippen LogP contribution < -0.4 is 5.32 Å². The zero-order chi connectivity index (χ0) is 3.54. The Bertz CT molecular complexity index is 70.6. The number of rotatable bonds is 0. The van der Waals surface area contributed by atoms with Crippen LogP contribution in [0.2, 0.25) is 0 Å². The maximum atomic E-state index is 2.97. The minimum absolute atomic E-state index is 0.907. The molecule has 1 rings (SSSR count). The summed E-state index contributed by atoms with van der Waals surface area (Å²) in [6.45, 7) is 0.907. The van der Waals surface area contributed by atoms with Gasteiger partial charge in [0.2, 0.25) is 0 Å². The van der Waals surface area contributed by atoms with Crippen LogP contribution in [0.5, 0.6) is 0 Å². The predicted molar refractivity (Wildman–Crippen MR) is 23.8 cm³/mol. The fraction of sp³-hybridized carbons (Fsp3) is 0.333. The molecule has 1 aliphatic heterocycles. The molecule has 0 amide bonds. The van der Waals surface area contributed by atoms with Crippen molar-refractivity contribution >= 4 is 11.2 Å². The smallest absolute Gasteiger partial charge is 0.108 e. The molecule has 0 bridgehead atoms. The molecule has 1 radical (unpaired) electrons. The van der Waals surface area contributed by atoms with Crippen molar-refractivity contribution in [3.63, 3.8) is 0 Å². The highest BCUT2D eigenvalue weighted by atomic mass is 32.1. The van der Waals surface area contributed by atoms with Gasteiger partial charge in [-0.2, -0.15) is 0 Å². The highest BCUT2D eigenvalue weighted by Crippen LogP contribution is 1.87. The van der Waals surface area contributed by atoms with Crippen molar-refractivity contribution in [2.75, 3.05) is 6.54 Å². The van der Waals surface area contributed by atoms with Crippen LogP contribution in [0.1, 0.15) is 0 Å². The summed E-state index contributed by atoms with van der Waals surface area (Å²) < 4.78 is 0. The molecule has 1 heterocycles. The predicted octanol–water partition coefficient (Wildman–Crippen LogP) is 0.401. The third-order valence-electron chi connectivity index (χ3n) is 0.400. The van der Waals surface area contributed by atoms with Gasteiger partial charge in [0.15, 0.2) is 0 Å². The monoisotopic (exact) mass is 86.0 g/mol. The number of nitrogens with one attached hydrogen (secondary N) is 1. The van der Waals surface area contributed by atoms with E-state index >= 15 is 0 Å². The van der Waals surface area contributed by atoms with Gasteiger partial charge in [0.25, 0.3) is 0 Å². The number of hydrogen-bond acceptors (Lipinski definition) is 1. The van der Waals surface area contributed by atoms with E-state index in [1.165, 1.54) is 0 Å². The van der Waals surface area contributed by atoms with Crippen molar-refractivity contribution in [2.24, 2.45) is 0 Å². The molecule has 0 saturated carbocycles. The second-order valence-corrected chi connectivity index (χ2v) is 1.52. The summed E-state index contributed by atoms with van der Waals surface area (Å²) in [6.07, 6.45) is 0. The summed E-state index contributed by atoms with van der Waals surface area (Å²) >= 11 is 1.59. The van der Waals surface area contributed by atoms with Crippen LogP contribution in [0.25, 0.3) is 0 Å². The lowest BCUT2D eigenvalue weighted by Crippen LogP contribution is -2.00. The topological polar surface area (TPSA) is 12.0 Å². The molecular formula is C3H4NS. The molecule has 0 aromatic rings. The fourth-order valence-corrected chi connectivity index (χ4v) is 0.625. The Morgan fingerprint density at radius 2 is 3.00 bits per heavy atom. The first-order valence-corrected chi connectivity index (χ1v) is 2.32. The van der Waals surface area contributed by atoms with Crippen molar-refractivity contribution in [3.05, 3.63) is 5.88 Å². The van der Waals surface area contributed by atoms with Gasteiger partial charge < -0.3 is 0 Å². The average Bonchev–Trinajstić information content (AvgIpc) is 1.76. The molecule has 1 N–H and O–H groups in total. The highest BCUT2D eigenvalue weighted by molar-refractivity contribution is 7.90. The zero-order valence-electron chi connectivity index (χ0n) is 2.69. The van der Waals surface area contributed by atoms with Crippen LogP contribution in [0.15, 0.2) is 0 Å². The Hall–Kier alpha value is -0.0400. The third kappa shape index (κ3) is 0.618. The first-order valence-electron chi connectivity index (χ1n) is 1.44. The van der Waals surface area contributed by atoms with Gasteiger partial charge in [-0.3, -0.25) is 5.32 Å². The van der Waals surface area contributed by atoms with Crippen LogP contribution in [0, 0.1) is 11.1 Å². The molecule has 5 heavy (non-hydrogen) atoms. The maximum absolute atomic E-state index is 2.97. The summed E-state index contributed by atoms with van der Waals surface area (Å²) in [5.74, 6) is 1.92. The van der Waals surface area contributed by atoms with Crippen molar-refractivity contribution in [3.8, 4) is 5.18 Å². The van der Waals surface area contributed by atoms with Crippen LogP contribution in [-0.2, 0) is 0 Å². The van der Waals surface area contributed by atoms with Gasteiger partial charge in [-0.1, -0.05) is 5.18 Å². The molecule has 0 atom stereocenters. The van der Waals surface area contributed by atoms with Crippen molar-refractivity contribution < 1.29 is 0 Å². The van der Waals surface area contributed by atoms with Crippen LogP contribution in [-0.4, -0.2) is 6.54 Å². The Morgan fingerprint density at radius 3 is 3.20 bits per heavy atom. The maximum Gasteiger partial charge on any atom is 0.108 e. The van der Waals surface area contributed by atoms with Crippen molar-refractivity contribution in [1.82, 2.24) is 5.32 Å². The summed E-state index contributed by atoms with van der Waals surface area (Å²) in [5, 5.41) is 5.92. The van der Waals surface area contributed by atoms with Crippen molar-refractivity contribution in [2.45, 2.75) is 0 Å². The van der Waals surface area contributed by atoms with Crippen LogP contribution in [0.4, 0.5) is 0 Å². The summed E-state index contributed by atoms with van der Waals surface area (Å²) in [4.78, 5) is 0. The van der Waals surface area contributed by atoms with E-state index in [1.807, 2.05) is 5.88 Å². The molecule has 0 spiro atoms. The molecule has 0 aromatic carbocycles. The Balaban J connectivity index is 2.42. The van der Waals surface area contributed by atoms with E-state index < -0.39 is 0 Å². The van der Waals surface area contributed by atoms with E-state index in [0.29, 0.717) is 0 Å². The molecule has 27 valence electrons. The molecule has 0 aliphatic carbocycles. The zero-order valence-corrected chi connectivity index (χ0v) is 3.51.